The van der Waals surface area contributed by atoms with Crippen LogP contribution in [0, 0.1) is 0 Å². The SMILES string of the molecule is COC(=O)CC1N=C(c2ccc(Cl)cc2)c2cc(OC)ccc2N2C(C)=CCC(C)N=C12. The molecule has 166 valence electrons. The minimum absolute atomic E-state index is 0.0686. The first-order valence-corrected chi connectivity index (χ1v) is 10.9. The molecule has 2 heterocycles. The van der Waals surface area contributed by atoms with Crippen molar-refractivity contribution in [3.8, 4) is 5.75 Å². The molecule has 2 aliphatic rings. The molecule has 2 atom stereocenters. The maximum Gasteiger partial charge on any atom is 0.308 e. The van der Waals surface area contributed by atoms with Gasteiger partial charge >= 0.3 is 5.97 Å². The molecule has 0 bridgehead atoms. The number of hydrogen-bond acceptors (Lipinski definition) is 6. The number of carbonyl (C=O) groups excluding carboxylic acids is 1. The van der Waals surface area contributed by atoms with Gasteiger partial charge in [0.1, 0.15) is 17.6 Å². The molecule has 0 N–H and O–H groups in total. The molecule has 0 amide bonds. The first-order chi connectivity index (χ1) is 15.4. The van der Waals surface area contributed by atoms with Gasteiger partial charge in [0.15, 0.2) is 0 Å². The third-order valence-corrected chi connectivity index (χ3v) is 5.93. The summed E-state index contributed by atoms with van der Waals surface area (Å²) in [7, 11) is 3.03. The van der Waals surface area contributed by atoms with Crippen LogP contribution in [-0.2, 0) is 9.53 Å². The Bertz CT molecular complexity index is 1120. The monoisotopic (exact) mass is 451 g/mol. The second-order valence-corrected chi connectivity index (χ2v) is 8.35. The number of hydrogen-bond donors (Lipinski definition) is 0. The second kappa shape index (κ2) is 9.17. The van der Waals surface area contributed by atoms with Crippen molar-refractivity contribution in [1.29, 1.82) is 0 Å². The third kappa shape index (κ3) is 4.28. The molecule has 7 heteroatoms. The number of nitrogens with zero attached hydrogens (tertiary/aromatic N) is 3. The summed E-state index contributed by atoms with van der Waals surface area (Å²) in [4.78, 5) is 24.5. The summed E-state index contributed by atoms with van der Waals surface area (Å²) in [5, 5.41) is 0.644. The van der Waals surface area contributed by atoms with Crippen LogP contribution < -0.4 is 9.64 Å². The average molecular weight is 452 g/mol. The van der Waals surface area contributed by atoms with Crippen LogP contribution in [0.2, 0.25) is 5.02 Å². The minimum Gasteiger partial charge on any atom is -0.497 e. The van der Waals surface area contributed by atoms with Crippen molar-refractivity contribution < 1.29 is 14.3 Å². The van der Waals surface area contributed by atoms with Crippen molar-refractivity contribution in [2.75, 3.05) is 19.1 Å². The first-order valence-electron chi connectivity index (χ1n) is 10.5. The molecule has 2 aromatic carbocycles. The molecular weight excluding hydrogens is 426 g/mol. The number of benzene rings is 2. The predicted octanol–water partition coefficient (Wildman–Crippen LogP) is 5.03. The van der Waals surface area contributed by atoms with Crippen LogP contribution in [0.15, 0.2) is 64.2 Å². The van der Waals surface area contributed by atoms with Crippen molar-refractivity contribution in [1.82, 2.24) is 0 Å². The number of rotatable bonds is 4. The van der Waals surface area contributed by atoms with Crippen LogP contribution in [0.4, 0.5) is 5.69 Å². The molecule has 2 unspecified atom stereocenters. The summed E-state index contributed by atoms with van der Waals surface area (Å²) in [6.45, 7) is 4.13. The Kier molecular flexibility index (Phi) is 6.33. The highest BCUT2D eigenvalue weighted by Crippen LogP contribution is 2.36. The summed E-state index contributed by atoms with van der Waals surface area (Å²) < 4.78 is 10.5. The molecule has 0 aromatic heterocycles. The van der Waals surface area contributed by atoms with Gasteiger partial charge in [-0.1, -0.05) is 29.8 Å². The number of fused-ring (bicyclic) bond motifs is 3. The zero-order valence-electron chi connectivity index (χ0n) is 18.6. The van der Waals surface area contributed by atoms with Gasteiger partial charge in [-0.3, -0.25) is 14.8 Å². The smallest absolute Gasteiger partial charge is 0.308 e. The Morgan fingerprint density at radius 3 is 2.59 bits per heavy atom. The largest absolute Gasteiger partial charge is 0.497 e. The predicted molar refractivity (Wildman–Crippen MR) is 128 cm³/mol. The number of carbonyl (C=O) groups is 1. The maximum atomic E-state index is 12.4. The summed E-state index contributed by atoms with van der Waals surface area (Å²) in [6.07, 6.45) is 3.09. The van der Waals surface area contributed by atoms with E-state index in [1.807, 2.05) is 42.5 Å². The summed E-state index contributed by atoms with van der Waals surface area (Å²) in [6, 6.07) is 13.0. The minimum atomic E-state index is -0.504. The molecule has 6 nitrogen and oxygen atoms in total. The molecule has 2 aromatic rings. The summed E-state index contributed by atoms with van der Waals surface area (Å²) >= 11 is 6.14. The van der Waals surface area contributed by atoms with Crippen molar-refractivity contribution in [3.63, 3.8) is 0 Å². The van der Waals surface area contributed by atoms with Crippen molar-refractivity contribution in [3.05, 3.63) is 70.4 Å². The molecule has 0 aliphatic carbocycles. The van der Waals surface area contributed by atoms with E-state index >= 15 is 0 Å². The van der Waals surface area contributed by atoms with Crippen LogP contribution in [0.1, 0.15) is 37.8 Å². The van der Waals surface area contributed by atoms with E-state index in [1.165, 1.54) is 7.11 Å². The van der Waals surface area contributed by atoms with Crippen LogP contribution >= 0.6 is 11.6 Å². The maximum absolute atomic E-state index is 12.4. The van der Waals surface area contributed by atoms with E-state index in [9.17, 15) is 4.79 Å². The van der Waals surface area contributed by atoms with Gasteiger partial charge in [0.2, 0.25) is 0 Å². The van der Waals surface area contributed by atoms with E-state index in [0.717, 1.165) is 46.2 Å². The molecule has 0 fully saturated rings. The van der Waals surface area contributed by atoms with Crippen LogP contribution in [0.3, 0.4) is 0 Å². The van der Waals surface area contributed by atoms with E-state index in [4.69, 9.17) is 31.1 Å². The number of halogens is 1. The quantitative estimate of drug-likeness (QED) is 0.611. The Hall–Kier alpha value is -3.12. The van der Waals surface area contributed by atoms with Gasteiger partial charge in [-0.2, -0.15) is 0 Å². The fourth-order valence-electron chi connectivity index (χ4n) is 4.02. The highest BCUT2D eigenvalue weighted by molar-refractivity contribution is 6.31. The molecule has 0 saturated carbocycles. The van der Waals surface area contributed by atoms with Gasteiger partial charge in [0.05, 0.1) is 38.1 Å². The molecule has 0 spiro atoms. The lowest BCUT2D eigenvalue weighted by molar-refractivity contribution is -0.140. The number of aliphatic imine (C=N–C) groups is 2. The first kappa shape index (κ1) is 22.1. The zero-order valence-corrected chi connectivity index (χ0v) is 19.4. The fourth-order valence-corrected chi connectivity index (χ4v) is 4.15. The summed E-state index contributed by atoms with van der Waals surface area (Å²) in [5.74, 6) is 1.13. The Morgan fingerprint density at radius 1 is 1.16 bits per heavy atom. The Labute approximate surface area is 193 Å². The van der Waals surface area contributed by atoms with Crippen molar-refractivity contribution >= 4 is 34.8 Å². The van der Waals surface area contributed by atoms with E-state index in [1.54, 1.807) is 7.11 Å². The van der Waals surface area contributed by atoms with Gasteiger partial charge in [-0.05, 0) is 50.6 Å². The fraction of sp³-hybridized carbons (Fsp3) is 0.320. The summed E-state index contributed by atoms with van der Waals surface area (Å²) in [5.41, 5.74) is 4.52. The number of anilines is 1. The molecule has 0 radical (unpaired) electrons. The van der Waals surface area contributed by atoms with E-state index < -0.39 is 6.04 Å². The second-order valence-electron chi connectivity index (χ2n) is 7.92. The van der Waals surface area contributed by atoms with Gasteiger partial charge in [-0.15, -0.1) is 0 Å². The lowest BCUT2D eigenvalue weighted by Gasteiger charge is -2.29. The van der Waals surface area contributed by atoms with Crippen molar-refractivity contribution in [2.45, 2.75) is 38.8 Å². The van der Waals surface area contributed by atoms with Gasteiger partial charge in [0, 0.05) is 21.8 Å². The number of methoxy groups -OCH3 is 2. The normalized spacial score (nSPS) is 20.0. The van der Waals surface area contributed by atoms with Gasteiger partial charge < -0.3 is 14.4 Å². The molecular formula is C25H26ClN3O3. The van der Waals surface area contributed by atoms with Crippen molar-refractivity contribution in [2.24, 2.45) is 9.98 Å². The highest BCUT2D eigenvalue weighted by Gasteiger charge is 2.34. The van der Waals surface area contributed by atoms with E-state index in [-0.39, 0.29) is 18.4 Å². The standard InChI is InChI=1S/C25H26ClN3O3/c1-15-5-6-16(2)29-22-12-11-19(31-3)13-20(22)24(17-7-9-18(26)10-8-17)28-21(25(29)27-15)14-23(30)32-4/h6-13,15,21H,5,14H2,1-4H3. The van der Waals surface area contributed by atoms with E-state index in [0.29, 0.717) is 5.02 Å². The third-order valence-electron chi connectivity index (χ3n) is 5.68. The highest BCUT2D eigenvalue weighted by atomic mass is 35.5. The number of esters is 1. The van der Waals surface area contributed by atoms with Crippen LogP contribution in [-0.4, -0.2) is 43.8 Å². The molecule has 2 aliphatic heterocycles. The van der Waals surface area contributed by atoms with Gasteiger partial charge in [-0.25, -0.2) is 0 Å². The number of ether oxygens (including phenoxy) is 2. The topological polar surface area (TPSA) is 63.5 Å². The molecule has 0 saturated heterocycles. The zero-order chi connectivity index (χ0) is 22.8. The van der Waals surface area contributed by atoms with Crippen LogP contribution in [0.25, 0.3) is 0 Å². The number of allylic oxidation sites excluding steroid dienone is 1. The molecule has 32 heavy (non-hydrogen) atoms. The van der Waals surface area contributed by atoms with Crippen LogP contribution in [0.5, 0.6) is 5.75 Å². The average Bonchev–Trinajstić information content (AvgIpc) is 3.02. The lowest BCUT2D eigenvalue weighted by atomic mass is 9.99. The Balaban J connectivity index is 2.01. The van der Waals surface area contributed by atoms with Gasteiger partial charge in [0.25, 0.3) is 0 Å². The molecule has 4 rings (SSSR count). The van der Waals surface area contributed by atoms with E-state index in [2.05, 4.69) is 24.8 Å². The number of amidine groups is 1. The Morgan fingerprint density at radius 2 is 1.91 bits per heavy atom. The lowest BCUT2D eigenvalue weighted by Crippen LogP contribution is -2.38.